The molecule has 0 aliphatic carbocycles. The number of rotatable bonds is 5. The molecule has 1 aromatic heterocycles. The van der Waals surface area contributed by atoms with Crippen molar-refractivity contribution in [3.8, 4) is 17.0 Å². The Morgan fingerprint density at radius 3 is 2.67 bits per heavy atom. The summed E-state index contributed by atoms with van der Waals surface area (Å²) in [7, 11) is 0. The van der Waals surface area contributed by atoms with E-state index in [1.807, 2.05) is 43.3 Å². The summed E-state index contributed by atoms with van der Waals surface area (Å²) in [6, 6.07) is 16.8. The zero-order valence-corrected chi connectivity index (χ0v) is 17.3. The first-order valence-corrected chi connectivity index (χ1v) is 10.3. The molecule has 0 unspecified atom stereocenters. The van der Waals surface area contributed by atoms with E-state index in [0.29, 0.717) is 18.8 Å². The molecule has 4 rings (SSSR count). The van der Waals surface area contributed by atoms with Gasteiger partial charge in [-0.25, -0.2) is 4.68 Å². The third-order valence-corrected chi connectivity index (χ3v) is 5.27. The Labute approximate surface area is 175 Å². The second-order valence-electron chi connectivity index (χ2n) is 7.45. The molecule has 1 aliphatic heterocycles. The van der Waals surface area contributed by atoms with Gasteiger partial charge in [0.1, 0.15) is 12.3 Å². The van der Waals surface area contributed by atoms with Gasteiger partial charge in [-0.2, -0.15) is 5.10 Å². The first-order chi connectivity index (χ1) is 14.5. The van der Waals surface area contributed by atoms with Gasteiger partial charge < -0.3 is 9.64 Å². The van der Waals surface area contributed by atoms with E-state index in [2.05, 4.69) is 18.1 Å². The van der Waals surface area contributed by atoms with Crippen LogP contribution < -0.4 is 15.2 Å². The molecule has 1 aliphatic rings. The van der Waals surface area contributed by atoms with Crippen molar-refractivity contribution >= 4 is 11.6 Å². The van der Waals surface area contributed by atoms with Crippen LogP contribution in [0.15, 0.2) is 59.4 Å². The Morgan fingerprint density at radius 2 is 1.90 bits per heavy atom. The first kappa shape index (κ1) is 19.9. The van der Waals surface area contributed by atoms with Gasteiger partial charge in [0.05, 0.1) is 12.3 Å². The van der Waals surface area contributed by atoms with E-state index in [9.17, 15) is 9.59 Å². The summed E-state index contributed by atoms with van der Waals surface area (Å²) in [5, 5.41) is 4.44. The number of aryl methyl sites for hydroxylation is 2. The van der Waals surface area contributed by atoms with Crippen molar-refractivity contribution < 1.29 is 9.53 Å². The minimum Gasteiger partial charge on any atom is -0.494 e. The Balaban J connectivity index is 1.57. The highest BCUT2D eigenvalue weighted by atomic mass is 16.5. The highest BCUT2D eigenvalue weighted by Crippen LogP contribution is 2.28. The molecule has 0 spiro atoms. The number of hydrogen-bond donors (Lipinski definition) is 0. The van der Waals surface area contributed by atoms with Gasteiger partial charge in [-0.15, -0.1) is 0 Å². The van der Waals surface area contributed by atoms with Crippen LogP contribution in [0.3, 0.4) is 0 Å². The van der Waals surface area contributed by atoms with Gasteiger partial charge in [0.15, 0.2) is 0 Å². The molecule has 2 aromatic carbocycles. The number of amides is 1. The van der Waals surface area contributed by atoms with E-state index in [0.717, 1.165) is 29.8 Å². The van der Waals surface area contributed by atoms with Crippen LogP contribution >= 0.6 is 0 Å². The smallest absolute Gasteiger partial charge is 0.267 e. The van der Waals surface area contributed by atoms with Gasteiger partial charge in [0.2, 0.25) is 5.91 Å². The van der Waals surface area contributed by atoms with Crippen molar-refractivity contribution in [1.82, 2.24) is 9.78 Å². The molecule has 6 nitrogen and oxygen atoms in total. The minimum absolute atomic E-state index is 0.0863. The van der Waals surface area contributed by atoms with Crippen molar-refractivity contribution in [3.63, 3.8) is 0 Å². The summed E-state index contributed by atoms with van der Waals surface area (Å²) in [5.41, 5.74) is 4.51. The SMILES string of the molecule is CCOc1ccc(-c2ccc(=O)n(CC(=O)N3CCCc4cc(C)ccc43)n2)cc1. The Hall–Kier alpha value is -3.41. The van der Waals surface area contributed by atoms with Crippen LogP contribution in [0.2, 0.25) is 0 Å². The second-order valence-corrected chi connectivity index (χ2v) is 7.45. The predicted octanol–water partition coefficient (Wildman–Crippen LogP) is 3.60. The van der Waals surface area contributed by atoms with Gasteiger partial charge >= 0.3 is 0 Å². The number of nitrogens with zero attached hydrogens (tertiary/aromatic N) is 3. The van der Waals surface area contributed by atoms with E-state index in [4.69, 9.17) is 4.74 Å². The van der Waals surface area contributed by atoms with Gasteiger partial charge in [-0.1, -0.05) is 17.7 Å². The summed E-state index contributed by atoms with van der Waals surface area (Å²) >= 11 is 0. The molecule has 2 heterocycles. The topological polar surface area (TPSA) is 64.4 Å². The Kier molecular flexibility index (Phi) is 5.65. The summed E-state index contributed by atoms with van der Waals surface area (Å²) in [6.07, 6.45) is 1.88. The van der Waals surface area contributed by atoms with Crippen LogP contribution in [0.4, 0.5) is 5.69 Å². The Morgan fingerprint density at radius 1 is 1.10 bits per heavy atom. The fraction of sp³-hybridized carbons (Fsp3) is 0.292. The van der Waals surface area contributed by atoms with Gasteiger partial charge in [-0.3, -0.25) is 9.59 Å². The molecule has 0 atom stereocenters. The number of benzene rings is 2. The molecule has 154 valence electrons. The summed E-state index contributed by atoms with van der Waals surface area (Å²) in [5.74, 6) is 0.655. The molecule has 0 saturated carbocycles. The van der Waals surface area contributed by atoms with Crippen LogP contribution in [-0.2, 0) is 17.8 Å². The molecule has 6 heteroatoms. The fourth-order valence-electron chi connectivity index (χ4n) is 3.80. The van der Waals surface area contributed by atoms with Gasteiger partial charge in [0.25, 0.3) is 5.56 Å². The lowest BCUT2D eigenvalue weighted by Gasteiger charge is -2.30. The zero-order valence-electron chi connectivity index (χ0n) is 17.3. The molecule has 30 heavy (non-hydrogen) atoms. The lowest BCUT2D eigenvalue weighted by molar-refractivity contribution is -0.119. The molecule has 0 radical (unpaired) electrons. The Bertz CT molecular complexity index is 1120. The van der Waals surface area contributed by atoms with E-state index >= 15 is 0 Å². The lowest BCUT2D eigenvalue weighted by Crippen LogP contribution is -2.40. The van der Waals surface area contributed by atoms with Crippen LogP contribution in [0, 0.1) is 6.92 Å². The number of aromatic nitrogens is 2. The maximum absolute atomic E-state index is 13.0. The summed E-state index contributed by atoms with van der Waals surface area (Å²) in [4.78, 5) is 27.2. The van der Waals surface area contributed by atoms with E-state index in [1.54, 1.807) is 11.0 Å². The number of carbonyl (C=O) groups excluding carboxylic acids is 1. The molecule has 3 aromatic rings. The highest BCUT2D eigenvalue weighted by molar-refractivity contribution is 5.94. The maximum atomic E-state index is 13.0. The third-order valence-electron chi connectivity index (χ3n) is 5.27. The largest absolute Gasteiger partial charge is 0.494 e. The monoisotopic (exact) mass is 403 g/mol. The number of carbonyl (C=O) groups is 1. The summed E-state index contributed by atoms with van der Waals surface area (Å²) in [6.45, 7) is 5.16. The van der Waals surface area contributed by atoms with Crippen molar-refractivity contribution in [1.29, 1.82) is 0 Å². The van der Waals surface area contributed by atoms with E-state index < -0.39 is 0 Å². The second kappa shape index (κ2) is 8.53. The van der Waals surface area contributed by atoms with Crippen molar-refractivity contribution in [2.24, 2.45) is 0 Å². The lowest BCUT2D eigenvalue weighted by atomic mass is 9.99. The van der Waals surface area contributed by atoms with Crippen molar-refractivity contribution in [2.75, 3.05) is 18.1 Å². The molecule has 1 amide bonds. The van der Waals surface area contributed by atoms with Crippen molar-refractivity contribution in [3.05, 3.63) is 76.1 Å². The van der Waals surface area contributed by atoms with Gasteiger partial charge in [0, 0.05) is 23.9 Å². The van der Waals surface area contributed by atoms with Crippen LogP contribution in [-0.4, -0.2) is 28.8 Å². The average molecular weight is 403 g/mol. The molecular formula is C24H25N3O3. The zero-order chi connectivity index (χ0) is 21.1. The van der Waals surface area contributed by atoms with Crippen LogP contribution in [0.5, 0.6) is 5.75 Å². The maximum Gasteiger partial charge on any atom is 0.267 e. The first-order valence-electron chi connectivity index (χ1n) is 10.3. The molecule has 0 N–H and O–H groups in total. The van der Waals surface area contributed by atoms with Crippen LogP contribution in [0.1, 0.15) is 24.5 Å². The third kappa shape index (κ3) is 4.13. The number of fused-ring (bicyclic) bond motifs is 1. The average Bonchev–Trinajstić information content (AvgIpc) is 2.75. The van der Waals surface area contributed by atoms with E-state index in [-0.39, 0.29) is 18.0 Å². The standard InChI is InChI=1S/C24H25N3O3/c1-3-30-20-9-7-18(8-10-20)21-11-13-23(28)27(25-21)16-24(29)26-14-4-5-19-15-17(2)6-12-22(19)26/h6-13,15H,3-5,14,16H2,1-2H3. The molecular weight excluding hydrogens is 378 g/mol. The number of hydrogen-bond acceptors (Lipinski definition) is 4. The number of ether oxygens (including phenoxy) is 1. The predicted molar refractivity (Wildman–Crippen MR) is 117 cm³/mol. The van der Waals surface area contributed by atoms with Crippen LogP contribution in [0.25, 0.3) is 11.3 Å². The van der Waals surface area contributed by atoms with Crippen molar-refractivity contribution in [2.45, 2.75) is 33.2 Å². The number of anilines is 1. The minimum atomic E-state index is -0.292. The van der Waals surface area contributed by atoms with Gasteiger partial charge in [-0.05, 0) is 68.7 Å². The molecule has 0 bridgehead atoms. The molecule has 0 fully saturated rings. The van der Waals surface area contributed by atoms with E-state index in [1.165, 1.54) is 21.9 Å². The quantitative estimate of drug-likeness (QED) is 0.653. The molecule has 0 saturated heterocycles. The summed E-state index contributed by atoms with van der Waals surface area (Å²) < 4.78 is 6.72. The normalized spacial score (nSPS) is 13.1. The highest BCUT2D eigenvalue weighted by Gasteiger charge is 2.23. The fourth-order valence-corrected chi connectivity index (χ4v) is 3.80.